The van der Waals surface area contributed by atoms with Gasteiger partial charge in [0.15, 0.2) is 0 Å². The predicted molar refractivity (Wildman–Crippen MR) is 47.7 cm³/mol. The summed E-state index contributed by atoms with van der Waals surface area (Å²) in [4.78, 5) is 0. The molecule has 2 atom stereocenters. The van der Waals surface area contributed by atoms with Crippen molar-refractivity contribution in [1.82, 2.24) is 0 Å². The molecule has 0 amide bonds. The highest BCUT2D eigenvalue weighted by Crippen LogP contribution is 2.35. The molecule has 2 rings (SSSR count). The first-order valence-corrected chi connectivity index (χ1v) is 4.18. The Bertz CT molecular complexity index is 272. The molecule has 1 aromatic carbocycles. The highest BCUT2D eigenvalue weighted by Gasteiger charge is 2.43. The average Bonchev–Trinajstić information content (AvgIpc) is 2.16. The molecule has 1 aliphatic rings. The fourth-order valence-electron chi connectivity index (χ4n) is 1.50. The van der Waals surface area contributed by atoms with E-state index in [-0.39, 0.29) is 11.6 Å². The van der Waals surface area contributed by atoms with Crippen molar-refractivity contribution in [3.8, 4) is 0 Å². The molecule has 1 aromatic rings. The monoisotopic (exact) mass is 163 g/mol. The highest BCUT2D eigenvalue weighted by atomic mass is 16.5. The summed E-state index contributed by atoms with van der Waals surface area (Å²) in [5, 5.41) is 0. The second kappa shape index (κ2) is 2.57. The van der Waals surface area contributed by atoms with E-state index in [0.717, 1.165) is 0 Å². The first-order valence-electron chi connectivity index (χ1n) is 4.18. The number of nitrogens with two attached hydrogens (primary N) is 1. The zero-order valence-electron chi connectivity index (χ0n) is 7.16. The minimum absolute atomic E-state index is 0.139. The normalized spacial score (nSPS) is 34.3. The van der Waals surface area contributed by atoms with Crippen LogP contribution < -0.4 is 5.73 Å². The minimum atomic E-state index is -0.249. The van der Waals surface area contributed by atoms with Crippen LogP contribution in [0.15, 0.2) is 30.3 Å². The predicted octanol–water partition coefficient (Wildman–Crippen LogP) is 1.26. The lowest BCUT2D eigenvalue weighted by Crippen LogP contribution is -2.58. The maximum Gasteiger partial charge on any atom is 0.108 e. The van der Waals surface area contributed by atoms with E-state index in [4.69, 9.17) is 10.5 Å². The van der Waals surface area contributed by atoms with Gasteiger partial charge in [-0.1, -0.05) is 30.3 Å². The molecule has 1 aliphatic heterocycles. The Hall–Kier alpha value is -0.860. The lowest BCUT2D eigenvalue weighted by Gasteiger charge is -2.45. The number of rotatable bonds is 1. The molecule has 2 N–H and O–H groups in total. The molecule has 1 fully saturated rings. The summed E-state index contributed by atoms with van der Waals surface area (Å²) in [6.45, 7) is 2.71. The summed E-state index contributed by atoms with van der Waals surface area (Å²) in [5.74, 6) is 0. The van der Waals surface area contributed by atoms with Crippen molar-refractivity contribution in [3.05, 3.63) is 35.9 Å². The first kappa shape index (κ1) is 7.77. The van der Waals surface area contributed by atoms with Crippen LogP contribution in [-0.2, 0) is 10.3 Å². The molecule has 12 heavy (non-hydrogen) atoms. The molecule has 0 aliphatic carbocycles. The fraction of sp³-hybridized carbons (Fsp3) is 0.400. The number of ether oxygens (including phenoxy) is 1. The van der Waals surface area contributed by atoms with Crippen LogP contribution in [0.5, 0.6) is 0 Å². The molecule has 0 bridgehead atoms. The van der Waals surface area contributed by atoms with E-state index >= 15 is 0 Å². The SMILES string of the molecule is CC1(c2ccccc2)OCC1N. The van der Waals surface area contributed by atoms with Crippen molar-refractivity contribution in [2.75, 3.05) is 6.61 Å². The van der Waals surface area contributed by atoms with Gasteiger partial charge in [0.25, 0.3) is 0 Å². The molecule has 2 unspecified atom stereocenters. The molecule has 0 saturated carbocycles. The van der Waals surface area contributed by atoms with Crippen molar-refractivity contribution in [3.63, 3.8) is 0 Å². The van der Waals surface area contributed by atoms with Crippen LogP contribution >= 0.6 is 0 Å². The average molecular weight is 163 g/mol. The van der Waals surface area contributed by atoms with Gasteiger partial charge in [0.05, 0.1) is 12.6 Å². The van der Waals surface area contributed by atoms with E-state index in [0.29, 0.717) is 6.61 Å². The smallest absolute Gasteiger partial charge is 0.108 e. The van der Waals surface area contributed by atoms with E-state index in [1.165, 1.54) is 5.56 Å². The van der Waals surface area contributed by atoms with Crippen molar-refractivity contribution >= 4 is 0 Å². The van der Waals surface area contributed by atoms with Crippen molar-refractivity contribution < 1.29 is 4.74 Å². The van der Waals surface area contributed by atoms with E-state index in [9.17, 15) is 0 Å². The summed E-state index contributed by atoms with van der Waals surface area (Å²) >= 11 is 0. The molecular formula is C10H13NO. The molecule has 2 nitrogen and oxygen atoms in total. The van der Waals surface area contributed by atoms with Gasteiger partial charge in [-0.3, -0.25) is 0 Å². The molecule has 1 heterocycles. The van der Waals surface area contributed by atoms with Crippen LogP contribution in [0.25, 0.3) is 0 Å². The largest absolute Gasteiger partial charge is 0.367 e. The van der Waals surface area contributed by atoms with Crippen LogP contribution in [0.1, 0.15) is 12.5 Å². The second-order valence-corrected chi connectivity index (χ2v) is 3.39. The van der Waals surface area contributed by atoms with Gasteiger partial charge in [-0.05, 0) is 12.5 Å². The Kier molecular flexibility index (Phi) is 1.67. The van der Waals surface area contributed by atoms with Crippen molar-refractivity contribution in [2.24, 2.45) is 5.73 Å². The lowest BCUT2D eigenvalue weighted by atomic mass is 9.84. The Balaban J connectivity index is 2.31. The number of hydrogen-bond donors (Lipinski definition) is 1. The first-order chi connectivity index (χ1) is 5.73. The maximum atomic E-state index is 5.86. The Morgan fingerprint density at radius 3 is 2.50 bits per heavy atom. The molecule has 1 saturated heterocycles. The van der Waals surface area contributed by atoms with Gasteiger partial charge in [0.1, 0.15) is 5.60 Å². The van der Waals surface area contributed by atoms with Crippen molar-refractivity contribution in [1.29, 1.82) is 0 Å². The summed E-state index contributed by atoms with van der Waals surface area (Å²) in [6, 6.07) is 10.3. The lowest BCUT2D eigenvalue weighted by molar-refractivity contribution is -0.160. The standard InChI is InChI=1S/C10H13NO/c1-10(9(11)7-12-10)8-5-3-2-4-6-8/h2-6,9H,7,11H2,1H3. The van der Waals surface area contributed by atoms with Crippen LogP contribution in [0.2, 0.25) is 0 Å². The minimum Gasteiger partial charge on any atom is -0.367 e. The van der Waals surface area contributed by atoms with E-state index in [1.54, 1.807) is 0 Å². The van der Waals surface area contributed by atoms with Gasteiger partial charge < -0.3 is 10.5 Å². The maximum absolute atomic E-state index is 5.86. The van der Waals surface area contributed by atoms with Crippen LogP contribution in [0, 0.1) is 0 Å². The van der Waals surface area contributed by atoms with Gasteiger partial charge >= 0.3 is 0 Å². The molecule has 0 spiro atoms. The van der Waals surface area contributed by atoms with Crippen molar-refractivity contribution in [2.45, 2.75) is 18.6 Å². The quantitative estimate of drug-likeness (QED) is 0.676. The Labute approximate surface area is 72.3 Å². The second-order valence-electron chi connectivity index (χ2n) is 3.39. The number of benzene rings is 1. The fourth-order valence-corrected chi connectivity index (χ4v) is 1.50. The van der Waals surface area contributed by atoms with Crippen LogP contribution in [0.3, 0.4) is 0 Å². The summed E-state index contributed by atoms with van der Waals surface area (Å²) in [6.07, 6.45) is 0. The zero-order chi connectivity index (χ0) is 8.60. The molecule has 0 radical (unpaired) electrons. The zero-order valence-corrected chi connectivity index (χ0v) is 7.16. The van der Waals surface area contributed by atoms with Gasteiger partial charge in [-0.15, -0.1) is 0 Å². The third-order valence-electron chi connectivity index (χ3n) is 2.62. The van der Waals surface area contributed by atoms with Crippen LogP contribution in [0.4, 0.5) is 0 Å². The summed E-state index contributed by atoms with van der Waals surface area (Å²) in [7, 11) is 0. The topological polar surface area (TPSA) is 35.2 Å². The Morgan fingerprint density at radius 1 is 1.42 bits per heavy atom. The van der Waals surface area contributed by atoms with Gasteiger partial charge in [-0.25, -0.2) is 0 Å². The van der Waals surface area contributed by atoms with Gasteiger partial charge in [0.2, 0.25) is 0 Å². The van der Waals surface area contributed by atoms with Gasteiger partial charge in [0, 0.05) is 0 Å². The highest BCUT2D eigenvalue weighted by molar-refractivity contribution is 5.26. The molecule has 2 heteroatoms. The molecular weight excluding hydrogens is 150 g/mol. The molecule has 0 aromatic heterocycles. The van der Waals surface area contributed by atoms with Crippen LogP contribution in [-0.4, -0.2) is 12.6 Å². The van der Waals surface area contributed by atoms with Gasteiger partial charge in [-0.2, -0.15) is 0 Å². The third kappa shape index (κ3) is 0.958. The third-order valence-corrected chi connectivity index (χ3v) is 2.62. The number of hydrogen-bond acceptors (Lipinski definition) is 2. The van der Waals surface area contributed by atoms with E-state index in [1.807, 2.05) is 25.1 Å². The Morgan fingerprint density at radius 2 is 2.08 bits per heavy atom. The van der Waals surface area contributed by atoms with E-state index in [2.05, 4.69) is 12.1 Å². The summed E-state index contributed by atoms with van der Waals surface area (Å²) < 4.78 is 5.49. The summed E-state index contributed by atoms with van der Waals surface area (Å²) in [5.41, 5.74) is 6.79. The van der Waals surface area contributed by atoms with E-state index < -0.39 is 0 Å². The molecule has 64 valence electrons.